The number of carbonyl (C=O) groups is 1. The van der Waals surface area contributed by atoms with Crippen molar-refractivity contribution in [1.29, 1.82) is 0 Å². The first-order chi connectivity index (χ1) is 10.1. The molecule has 3 nitrogen and oxygen atoms in total. The van der Waals surface area contributed by atoms with Gasteiger partial charge in [-0.25, -0.2) is 0 Å². The topological polar surface area (TPSA) is 25.2 Å². The quantitative estimate of drug-likeness (QED) is 0.826. The van der Waals surface area contributed by atoms with Crippen LogP contribution in [0.15, 0.2) is 18.2 Å². The molecule has 3 heteroatoms. The Morgan fingerprint density at radius 3 is 2.57 bits per heavy atom. The van der Waals surface area contributed by atoms with Crippen molar-refractivity contribution in [2.24, 2.45) is 7.05 Å². The number of hydrogen-bond donors (Lipinski definition) is 0. The Bertz CT molecular complexity index is 678. The number of rotatable bonds is 2. The zero-order valence-corrected chi connectivity index (χ0v) is 13.3. The van der Waals surface area contributed by atoms with E-state index in [1.807, 2.05) is 11.9 Å². The second kappa shape index (κ2) is 5.55. The lowest BCUT2D eigenvalue weighted by molar-refractivity contribution is 0.0714. The molecule has 0 spiro atoms. The van der Waals surface area contributed by atoms with Crippen LogP contribution in [0.3, 0.4) is 0 Å². The molecule has 1 saturated heterocycles. The van der Waals surface area contributed by atoms with E-state index in [9.17, 15) is 4.79 Å². The van der Waals surface area contributed by atoms with Crippen molar-refractivity contribution in [2.45, 2.75) is 39.5 Å². The molecular weight excluding hydrogens is 260 g/mol. The number of benzene rings is 1. The van der Waals surface area contributed by atoms with E-state index >= 15 is 0 Å². The number of amides is 1. The van der Waals surface area contributed by atoms with E-state index in [2.05, 4.69) is 36.6 Å². The third kappa shape index (κ3) is 2.35. The predicted molar refractivity (Wildman–Crippen MR) is 86.8 cm³/mol. The van der Waals surface area contributed by atoms with Gasteiger partial charge in [0.1, 0.15) is 5.69 Å². The maximum absolute atomic E-state index is 12.9. The summed E-state index contributed by atoms with van der Waals surface area (Å²) in [7, 11) is 2.01. The summed E-state index contributed by atoms with van der Waals surface area (Å²) in [6.07, 6.45) is 4.54. The molecule has 0 aliphatic carbocycles. The van der Waals surface area contributed by atoms with Gasteiger partial charge in [-0.1, -0.05) is 13.0 Å². The number of fused-ring (bicyclic) bond motifs is 1. The lowest BCUT2D eigenvalue weighted by Crippen LogP contribution is -2.36. The largest absolute Gasteiger partial charge is 0.339 e. The number of likely N-dealkylation sites (tertiary alicyclic amines) is 1. The van der Waals surface area contributed by atoms with Gasteiger partial charge in [-0.05, 0) is 55.9 Å². The van der Waals surface area contributed by atoms with E-state index in [0.29, 0.717) is 0 Å². The summed E-state index contributed by atoms with van der Waals surface area (Å²) < 4.78 is 2.07. The highest BCUT2D eigenvalue weighted by molar-refractivity contribution is 6.01. The second-order valence-corrected chi connectivity index (χ2v) is 6.09. The highest BCUT2D eigenvalue weighted by Crippen LogP contribution is 2.27. The van der Waals surface area contributed by atoms with Gasteiger partial charge in [0, 0.05) is 31.0 Å². The van der Waals surface area contributed by atoms with Gasteiger partial charge >= 0.3 is 0 Å². The predicted octanol–water partition coefficient (Wildman–Crippen LogP) is 3.68. The third-order valence-electron chi connectivity index (χ3n) is 4.77. The lowest BCUT2D eigenvalue weighted by atomic mass is 10.1. The van der Waals surface area contributed by atoms with Crippen LogP contribution < -0.4 is 0 Å². The molecule has 0 unspecified atom stereocenters. The van der Waals surface area contributed by atoms with Crippen LogP contribution in [-0.4, -0.2) is 28.5 Å². The molecule has 1 fully saturated rings. The van der Waals surface area contributed by atoms with Crippen LogP contribution in [0.25, 0.3) is 10.9 Å². The minimum Gasteiger partial charge on any atom is -0.339 e. The summed E-state index contributed by atoms with van der Waals surface area (Å²) in [6.45, 7) is 6.05. The molecular formula is C18H24N2O. The fraction of sp³-hybridized carbons (Fsp3) is 0.500. The third-order valence-corrected chi connectivity index (χ3v) is 4.77. The Hall–Kier alpha value is -1.77. The van der Waals surface area contributed by atoms with E-state index in [0.717, 1.165) is 49.1 Å². The van der Waals surface area contributed by atoms with E-state index in [4.69, 9.17) is 0 Å². The number of carbonyl (C=O) groups excluding carboxylic acids is 1. The van der Waals surface area contributed by atoms with E-state index < -0.39 is 0 Å². The number of aromatic nitrogens is 1. The fourth-order valence-corrected chi connectivity index (χ4v) is 3.45. The van der Waals surface area contributed by atoms with E-state index in [1.165, 1.54) is 17.4 Å². The maximum Gasteiger partial charge on any atom is 0.270 e. The van der Waals surface area contributed by atoms with E-state index in [1.54, 1.807) is 0 Å². The van der Waals surface area contributed by atoms with Crippen molar-refractivity contribution in [3.05, 3.63) is 35.0 Å². The molecule has 3 rings (SSSR count). The Kier molecular flexibility index (Phi) is 3.75. The minimum atomic E-state index is 0.198. The van der Waals surface area contributed by atoms with Crippen LogP contribution in [0.4, 0.5) is 0 Å². The van der Waals surface area contributed by atoms with Gasteiger partial charge in [0.2, 0.25) is 0 Å². The van der Waals surface area contributed by atoms with Crippen molar-refractivity contribution in [3.63, 3.8) is 0 Å². The van der Waals surface area contributed by atoms with Crippen molar-refractivity contribution in [3.8, 4) is 0 Å². The van der Waals surface area contributed by atoms with Crippen LogP contribution in [0.2, 0.25) is 0 Å². The van der Waals surface area contributed by atoms with Crippen molar-refractivity contribution in [1.82, 2.24) is 9.47 Å². The molecule has 0 N–H and O–H groups in total. The van der Waals surface area contributed by atoms with Crippen molar-refractivity contribution in [2.75, 3.05) is 13.1 Å². The van der Waals surface area contributed by atoms with Crippen LogP contribution >= 0.6 is 0 Å². The Labute approximate surface area is 126 Å². The smallest absolute Gasteiger partial charge is 0.270 e. The Morgan fingerprint density at radius 2 is 1.90 bits per heavy atom. The number of hydrogen-bond acceptors (Lipinski definition) is 1. The van der Waals surface area contributed by atoms with E-state index in [-0.39, 0.29) is 5.91 Å². The van der Waals surface area contributed by atoms with Crippen LogP contribution in [-0.2, 0) is 13.5 Å². The molecule has 0 bridgehead atoms. The molecule has 1 aromatic carbocycles. The molecule has 2 aromatic rings. The summed E-state index contributed by atoms with van der Waals surface area (Å²) >= 11 is 0. The molecule has 1 aliphatic rings. The monoisotopic (exact) mass is 284 g/mol. The molecule has 0 radical (unpaired) electrons. The highest BCUT2D eigenvalue weighted by Gasteiger charge is 2.24. The van der Waals surface area contributed by atoms with Gasteiger partial charge in [0.15, 0.2) is 0 Å². The average Bonchev–Trinajstić information content (AvgIpc) is 2.78. The zero-order valence-electron chi connectivity index (χ0n) is 13.3. The number of nitrogens with zero attached hydrogens (tertiary/aromatic N) is 2. The summed E-state index contributed by atoms with van der Waals surface area (Å²) in [6, 6.07) is 6.54. The normalized spacial score (nSPS) is 15.7. The minimum absolute atomic E-state index is 0.198. The standard InChI is InChI=1S/C18H24N2O/c1-4-14-8-9-16-15(12-14)13(2)17(19(16)3)18(21)20-10-6-5-7-11-20/h8-9,12H,4-7,10-11H2,1-3H3. The molecule has 1 amide bonds. The molecule has 112 valence electrons. The zero-order chi connectivity index (χ0) is 15.0. The molecule has 2 heterocycles. The van der Waals surface area contributed by atoms with Gasteiger partial charge < -0.3 is 9.47 Å². The van der Waals surface area contributed by atoms with Gasteiger partial charge in [0.05, 0.1) is 0 Å². The van der Waals surface area contributed by atoms with Crippen LogP contribution in [0.5, 0.6) is 0 Å². The number of aryl methyl sites for hydroxylation is 3. The average molecular weight is 284 g/mol. The summed E-state index contributed by atoms with van der Waals surface area (Å²) in [5, 5.41) is 1.22. The van der Waals surface area contributed by atoms with Crippen LogP contribution in [0.1, 0.15) is 47.8 Å². The Balaban J connectivity index is 2.07. The summed E-state index contributed by atoms with van der Waals surface area (Å²) in [5.74, 6) is 0.198. The second-order valence-electron chi connectivity index (χ2n) is 6.09. The van der Waals surface area contributed by atoms with Crippen molar-refractivity contribution >= 4 is 16.8 Å². The van der Waals surface area contributed by atoms with Gasteiger partial charge in [-0.3, -0.25) is 4.79 Å². The Morgan fingerprint density at radius 1 is 1.19 bits per heavy atom. The molecule has 1 aliphatic heterocycles. The first-order valence-electron chi connectivity index (χ1n) is 8.00. The molecule has 1 aromatic heterocycles. The van der Waals surface area contributed by atoms with Gasteiger partial charge in [-0.2, -0.15) is 0 Å². The fourth-order valence-electron chi connectivity index (χ4n) is 3.45. The maximum atomic E-state index is 12.9. The molecule has 21 heavy (non-hydrogen) atoms. The molecule has 0 atom stereocenters. The van der Waals surface area contributed by atoms with Crippen molar-refractivity contribution < 1.29 is 4.79 Å². The first kappa shape index (κ1) is 14.2. The summed E-state index contributed by atoms with van der Waals surface area (Å²) in [4.78, 5) is 14.9. The van der Waals surface area contributed by atoms with Gasteiger partial charge in [-0.15, -0.1) is 0 Å². The molecule has 0 saturated carbocycles. The summed E-state index contributed by atoms with van der Waals surface area (Å²) in [5.41, 5.74) is 4.47. The highest BCUT2D eigenvalue weighted by atomic mass is 16.2. The van der Waals surface area contributed by atoms with Crippen LogP contribution in [0, 0.1) is 6.92 Å². The number of piperidine rings is 1. The van der Waals surface area contributed by atoms with Gasteiger partial charge in [0.25, 0.3) is 5.91 Å². The first-order valence-corrected chi connectivity index (χ1v) is 8.00. The SMILES string of the molecule is CCc1ccc2c(c1)c(C)c(C(=O)N1CCCCC1)n2C. The lowest BCUT2D eigenvalue weighted by Gasteiger charge is -2.27.